The standard InChI is InChI=1S/C25H27N3O5S/c1-31-21-10-9-19(14-22(21)32-2)24(30)27-25-28(11-13-34-25)16-17-5-7-18(8-6-17)23(29)26-15-20-4-3-12-33-20/h5-11,13-14,20H,3-4,12,15-16H2,1-2H3,(H,26,29)/t20-/m0/s1. The summed E-state index contributed by atoms with van der Waals surface area (Å²) < 4.78 is 17.9. The maximum Gasteiger partial charge on any atom is 0.279 e. The number of hydrogen-bond acceptors (Lipinski definition) is 6. The van der Waals surface area contributed by atoms with E-state index in [9.17, 15) is 9.59 Å². The van der Waals surface area contributed by atoms with E-state index >= 15 is 0 Å². The number of thiazole rings is 1. The summed E-state index contributed by atoms with van der Waals surface area (Å²) in [6.45, 7) is 1.83. The van der Waals surface area contributed by atoms with Gasteiger partial charge in [0.25, 0.3) is 11.8 Å². The first-order chi connectivity index (χ1) is 16.6. The average Bonchev–Trinajstić information content (AvgIpc) is 3.55. The van der Waals surface area contributed by atoms with Crippen molar-refractivity contribution in [3.63, 3.8) is 0 Å². The van der Waals surface area contributed by atoms with E-state index in [0.29, 0.717) is 40.5 Å². The van der Waals surface area contributed by atoms with Crippen LogP contribution in [0.5, 0.6) is 11.5 Å². The Labute approximate surface area is 201 Å². The Morgan fingerprint density at radius 2 is 1.88 bits per heavy atom. The van der Waals surface area contributed by atoms with Crippen LogP contribution in [0, 0.1) is 0 Å². The maximum absolute atomic E-state index is 12.7. The van der Waals surface area contributed by atoms with Gasteiger partial charge in [0, 0.05) is 42.4 Å². The highest BCUT2D eigenvalue weighted by atomic mass is 32.1. The number of rotatable bonds is 8. The Balaban J connectivity index is 1.43. The highest BCUT2D eigenvalue weighted by molar-refractivity contribution is 7.07. The van der Waals surface area contributed by atoms with Gasteiger partial charge < -0.3 is 24.1 Å². The van der Waals surface area contributed by atoms with E-state index in [4.69, 9.17) is 14.2 Å². The van der Waals surface area contributed by atoms with E-state index in [-0.39, 0.29) is 17.9 Å². The minimum Gasteiger partial charge on any atom is -0.493 e. The number of nitrogens with one attached hydrogen (secondary N) is 1. The molecule has 0 unspecified atom stereocenters. The van der Waals surface area contributed by atoms with Gasteiger partial charge in [-0.2, -0.15) is 4.99 Å². The van der Waals surface area contributed by atoms with Crippen molar-refractivity contribution < 1.29 is 23.8 Å². The second-order valence-electron chi connectivity index (χ2n) is 7.84. The van der Waals surface area contributed by atoms with Gasteiger partial charge in [-0.05, 0) is 48.7 Å². The molecular formula is C25H27N3O5S. The molecule has 0 aliphatic carbocycles. The van der Waals surface area contributed by atoms with Gasteiger partial charge in [-0.25, -0.2) is 0 Å². The summed E-state index contributed by atoms with van der Waals surface area (Å²) >= 11 is 1.38. The van der Waals surface area contributed by atoms with Gasteiger partial charge in [0.2, 0.25) is 0 Å². The zero-order chi connectivity index (χ0) is 23.9. The fraction of sp³-hybridized carbons (Fsp3) is 0.320. The van der Waals surface area contributed by atoms with Crippen LogP contribution in [0.3, 0.4) is 0 Å². The minimum atomic E-state index is -0.365. The molecular weight excluding hydrogens is 454 g/mol. The van der Waals surface area contributed by atoms with Gasteiger partial charge in [-0.15, -0.1) is 11.3 Å². The van der Waals surface area contributed by atoms with Crippen molar-refractivity contribution >= 4 is 23.2 Å². The molecule has 1 N–H and O–H groups in total. The number of nitrogens with zero attached hydrogens (tertiary/aromatic N) is 2. The third kappa shape index (κ3) is 5.73. The van der Waals surface area contributed by atoms with Crippen molar-refractivity contribution in [2.45, 2.75) is 25.5 Å². The molecule has 2 heterocycles. The maximum atomic E-state index is 12.7. The number of benzene rings is 2. The number of aromatic nitrogens is 1. The summed E-state index contributed by atoms with van der Waals surface area (Å²) in [6.07, 6.45) is 4.03. The van der Waals surface area contributed by atoms with E-state index in [1.165, 1.54) is 18.4 Å². The zero-order valence-electron chi connectivity index (χ0n) is 19.2. The lowest BCUT2D eigenvalue weighted by Crippen LogP contribution is -2.31. The molecule has 1 aliphatic heterocycles. The van der Waals surface area contributed by atoms with Crippen LogP contribution in [0.4, 0.5) is 0 Å². The van der Waals surface area contributed by atoms with Crippen LogP contribution in [-0.2, 0) is 11.3 Å². The summed E-state index contributed by atoms with van der Waals surface area (Å²) in [5.41, 5.74) is 2.01. The van der Waals surface area contributed by atoms with Gasteiger partial charge in [0.15, 0.2) is 16.3 Å². The SMILES string of the molecule is COc1ccc(C(=O)N=c2sccn2Cc2ccc(C(=O)NC[C@@H]3CCCO3)cc2)cc1OC. The molecule has 4 rings (SSSR count). The van der Waals surface area contributed by atoms with Crippen molar-refractivity contribution in [3.05, 3.63) is 75.5 Å². The predicted octanol–water partition coefficient (Wildman–Crippen LogP) is 3.27. The van der Waals surface area contributed by atoms with Gasteiger partial charge in [-0.1, -0.05) is 12.1 Å². The molecule has 34 heavy (non-hydrogen) atoms. The molecule has 0 bridgehead atoms. The lowest BCUT2D eigenvalue weighted by molar-refractivity contribution is 0.0857. The lowest BCUT2D eigenvalue weighted by Gasteiger charge is -2.11. The highest BCUT2D eigenvalue weighted by Crippen LogP contribution is 2.27. The van der Waals surface area contributed by atoms with Crippen LogP contribution in [0.2, 0.25) is 0 Å². The quantitative estimate of drug-likeness (QED) is 0.533. The molecule has 0 spiro atoms. The topological polar surface area (TPSA) is 91.2 Å². The zero-order valence-corrected chi connectivity index (χ0v) is 20.0. The molecule has 9 heteroatoms. The molecule has 1 fully saturated rings. The molecule has 2 aromatic carbocycles. The normalized spacial score (nSPS) is 15.8. The van der Waals surface area contributed by atoms with E-state index in [1.54, 1.807) is 37.4 Å². The number of hydrogen-bond donors (Lipinski definition) is 1. The van der Waals surface area contributed by atoms with Crippen molar-refractivity contribution in [1.82, 2.24) is 9.88 Å². The number of carbonyl (C=O) groups is 2. The fourth-order valence-corrected chi connectivity index (χ4v) is 4.43. The van der Waals surface area contributed by atoms with E-state index in [0.717, 1.165) is 25.0 Å². The Bertz CT molecular complexity index is 1210. The molecule has 2 amide bonds. The third-order valence-corrected chi connectivity index (χ3v) is 6.37. The number of methoxy groups -OCH3 is 2. The monoisotopic (exact) mass is 481 g/mol. The molecule has 3 aromatic rings. The van der Waals surface area contributed by atoms with Gasteiger partial charge >= 0.3 is 0 Å². The Morgan fingerprint density at radius 1 is 1.12 bits per heavy atom. The Kier molecular flexibility index (Phi) is 7.76. The van der Waals surface area contributed by atoms with Crippen LogP contribution in [0.1, 0.15) is 39.1 Å². The van der Waals surface area contributed by atoms with Gasteiger partial charge in [0.1, 0.15) is 0 Å². The smallest absolute Gasteiger partial charge is 0.279 e. The summed E-state index contributed by atoms with van der Waals surface area (Å²) in [7, 11) is 3.07. The van der Waals surface area contributed by atoms with Crippen LogP contribution in [-0.4, -0.2) is 49.9 Å². The van der Waals surface area contributed by atoms with Gasteiger partial charge in [0.05, 0.1) is 20.3 Å². The van der Waals surface area contributed by atoms with E-state index < -0.39 is 0 Å². The molecule has 1 atom stereocenters. The van der Waals surface area contributed by atoms with Crippen LogP contribution in [0.25, 0.3) is 0 Å². The summed E-state index contributed by atoms with van der Waals surface area (Å²) in [5.74, 6) is 0.550. The number of carbonyl (C=O) groups excluding carboxylic acids is 2. The van der Waals surface area contributed by atoms with Crippen LogP contribution in [0.15, 0.2) is 59.0 Å². The summed E-state index contributed by atoms with van der Waals surface area (Å²) in [5, 5.41) is 4.81. The molecule has 1 aromatic heterocycles. The molecule has 178 valence electrons. The summed E-state index contributed by atoms with van der Waals surface area (Å²) in [6, 6.07) is 12.4. The summed E-state index contributed by atoms with van der Waals surface area (Å²) in [4.78, 5) is 30.0. The average molecular weight is 482 g/mol. The second-order valence-corrected chi connectivity index (χ2v) is 8.72. The Hall–Kier alpha value is -3.43. The van der Waals surface area contributed by atoms with Crippen molar-refractivity contribution in [1.29, 1.82) is 0 Å². The molecule has 0 radical (unpaired) electrons. The van der Waals surface area contributed by atoms with Crippen molar-refractivity contribution in [3.8, 4) is 11.5 Å². The number of amides is 2. The predicted molar refractivity (Wildman–Crippen MR) is 129 cm³/mol. The molecule has 8 nitrogen and oxygen atoms in total. The first-order valence-corrected chi connectivity index (χ1v) is 11.9. The Morgan fingerprint density at radius 3 is 2.59 bits per heavy atom. The van der Waals surface area contributed by atoms with Crippen LogP contribution < -0.4 is 19.6 Å². The van der Waals surface area contributed by atoms with E-state index in [1.807, 2.05) is 28.3 Å². The van der Waals surface area contributed by atoms with E-state index in [2.05, 4.69) is 10.3 Å². The first kappa shape index (κ1) is 23.7. The highest BCUT2D eigenvalue weighted by Gasteiger charge is 2.16. The molecule has 1 saturated heterocycles. The first-order valence-electron chi connectivity index (χ1n) is 11.0. The molecule has 1 aliphatic rings. The van der Waals surface area contributed by atoms with Crippen LogP contribution >= 0.6 is 11.3 Å². The minimum absolute atomic E-state index is 0.110. The van der Waals surface area contributed by atoms with Gasteiger partial charge in [-0.3, -0.25) is 9.59 Å². The second kappa shape index (κ2) is 11.1. The fourth-order valence-electron chi connectivity index (χ4n) is 3.70. The number of ether oxygens (including phenoxy) is 3. The van der Waals surface area contributed by atoms with Crippen molar-refractivity contribution in [2.75, 3.05) is 27.4 Å². The van der Waals surface area contributed by atoms with Crippen molar-refractivity contribution in [2.24, 2.45) is 4.99 Å². The largest absolute Gasteiger partial charge is 0.493 e. The lowest BCUT2D eigenvalue weighted by atomic mass is 10.1. The molecule has 0 saturated carbocycles. The third-order valence-electron chi connectivity index (χ3n) is 5.57.